The standard InChI is InChI=1S/C21H20F3N3O5S/c22-14-8-15(23)10-17(9-14)27-12-13(7-20(27)28)21(29)25-16-1-2-18(24)19(11-16)33(30,31)26-3-5-32-6-4-26/h1-2,8-11,13H,3-7,12H2,(H,25,29). The fraction of sp³-hybridized carbons (Fsp3) is 0.333. The Morgan fingerprint density at radius 3 is 2.36 bits per heavy atom. The molecule has 2 saturated heterocycles. The second-order valence-electron chi connectivity index (χ2n) is 7.68. The van der Waals surface area contributed by atoms with Gasteiger partial charge in [0.15, 0.2) is 0 Å². The Balaban J connectivity index is 1.50. The van der Waals surface area contributed by atoms with E-state index in [0.29, 0.717) is 6.07 Å². The highest BCUT2D eigenvalue weighted by atomic mass is 32.2. The van der Waals surface area contributed by atoms with Crippen LogP contribution >= 0.6 is 0 Å². The summed E-state index contributed by atoms with van der Waals surface area (Å²) in [7, 11) is -4.14. The van der Waals surface area contributed by atoms with Crippen molar-refractivity contribution in [2.75, 3.05) is 43.1 Å². The summed E-state index contributed by atoms with van der Waals surface area (Å²) in [6.45, 7) is 0.434. The number of halogens is 3. The summed E-state index contributed by atoms with van der Waals surface area (Å²) in [5, 5.41) is 2.50. The maximum atomic E-state index is 14.4. The van der Waals surface area contributed by atoms with Crippen LogP contribution in [0.2, 0.25) is 0 Å². The lowest BCUT2D eigenvalue weighted by molar-refractivity contribution is -0.122. The van der Waals surface area contributed by atoms with Gasteiger partial charge in [0.2, 0.25) is 21.8 Å². The number of amides is 2. The SMILES string of the molecule is O=C(Nc1ccc(F)c(S(=O)(=O)N2CCOCC2)c1)C1CC(=O)N(c2cc(F)cc(F)c2)C1. The van der Waals surface area contributed by atoms with Gasteiger partial charge in [-0.2, -0.15) is 4.31 Å². The number of hydrogen-bond donors (Lipinski definition) is 1. The fourth-order valence-electron chi connectivity index (χ4n) is 3.78. The molecule has 0 spiro atoms. The molecular formula is C21H20F3N3O5S. The van der Waals surface area contributed by atoms with Gasteiger partial charge in [0.05, 0.1) is 19.1 Å². The molecule has 0 aliphatic carbocycles. The summed E-state index contributed by atoms with van der Waals surface area (Å²) in [5.41, 5.74) is 0.0319. The van der Waals surface area contributed by atoms with E-state index in [1.807, 2.05) is 0 Å². The van der Waals surface area contributed by atoms with Crippen LogP contribution in [0.4, 0.5) is 24.5 Å². The molecule has 2 aromatic carbocycles. The molecule has 0 saturated carbocycles. The third-order valence-electron chi connectivity index (χ3n) is 5.44. The average molecular weight is 483 g/mol. The van der Waals surface area contributed by atoms with Gasteiger partial charge in [0, 0.05) is 43.5 Å². The van der Waals surface area contributed by atoms with E-state index in [1.54, 1.807) is 0 Å². The molecule has 0 radical (unpaired) electrons. The molecule has 4 rings (SSSR count). The summed E-state index contributed by atoms with van der Waals surface area (Å²) in [6.07, 6.45) is -0.204. The number of carbonyl (C=O) groups excluding carboxylic acids is 2. The number of sulfonamides is 1. The molecule has 2 amide bonds. The molecule has 2 aromatic rings. The highest BCUT2D eigenvalue weighted by Crippen LogP contribution is 2.28. The van der Waals surface area contributed by atoms with Crippen LogP contribution in [0.15, 0.2) is 41.3 Å². The summed E-state index contributed by atoms with van der Waals surface area (Å²) in [6, 6.07) is 5.82. The van der Waals surface area contributed by atoms with E-state index >= 15 is 0 Å². The lowest BCUT2D eigenvalue weighted by atomic mass is 10.1. The van der Waals surface area contributed by atoms with Crippen molar-refractivity contribution in [3.8, 4) is 0 Å². The summed E-state index contributed by atoms with van der Waals surface area (Å²) in [5.74, 6) is -4.63. The molecule has 2 aliphatic rings. The predicted octanol–water partition coefficient (Wildman–Crippen LogP) is 2.12. The third-order valence-corrected chi connectivity index (χ3v) is 7.36. The maximum absolute atomic E-state index is 14.4. The molecule has 12 heteroatoms. The molecule has 2 fully saturated rings. The largest absolute Gasteiger partial charge is 0.379 e. The van der Waals surface area contributed by atoms with Crippen molar-refractivity contribution in [1.82, 2.24) is 4.31 Å². The van der Waals surface area contributed by atoms with Gasteiger partial charge < -0.3 is 15.0 Å². The first-order valence-corrected chi connectivity index (χ1v) is 11.5. The lowest BCUT2D eigenvalue weighted by Crippen LogP contribution is -2.40. The molecular weight excluding hydrogens is 463 g/mol. The highest BCUT2D eigenvalue weighted by Gasteiger charge is 2.36. The molecule has 33 heavy (non-hydrogen) atoms. The normalized spacial score (nSPS) is 19.7. The van der Waals surface area contributed by atoms with E-state index in [4.69, 9.17) is 4.74 Å². The van der Waals surface area contributed by atoms with Gasteiger partial charge in [-0.1, -0.05) is 0 Å². The molecule has 2 heterocycles. The van der Waals surface area contributed by atoms with Crippen molar-refractivity contribution >= 4 is 33.2 Å². The smallest absolute Gasteiger partial charge is 0.246 e. The lowest BCUT2D eigenvalue weighted by Gasteiger charge is -2.26. The van der Waals surface area contributed by atoms with Crippen molar-refractivity contribution in [1.29, 1.82) is 0 Å². The molecule has 176 valence electrons. The van der Waals surface area contributed by atoms with Crippen LogP contribution in [0.5, 0.6) is 0 Å². The summed E-state index contributed by atoms with van der Waals surface area (Å²) in [4.78, 5) is 25.6. The molecule has 0 bridgehead atoms. The number of rotatable bonds is 5. The van der Waals surface area contributed by atoms with Crippen LogP contribution in [0.25, 0.3) is 0 Å². The van der Waals surface area contributed by atoms with Crippen molar-refractivity contribution in [3.05, 3.63) is 53.8 Å². The van der Waals surface area contributed by atoms with Gasteiger partial charge in [-0.3, -0.25) is 9.59 Å². The molecule has 1 atom stereocenters. The van der Waals surface area contributed by atoms with Gasteiger partial charge >= 0.3 is 0 Å². The van der Waals surface area contributed by atoms with Crippen LogP contribution in [0, 0.1) is 23.4 Å². The second kappa shape index (κ2) is 9.12. The minimum Gasteiger partial charge on any atom is -0.379 e. The number of anilines is 2. The second-order valence-corrected chi connectivity index (χ2v) is 9.59. The number of ether oxygens (including phenoxy) is 1. The van der Waals surface area contributed by atoms with Gasteiger partial charge in [0.1, 0.15) is 22.3 Å². The Labute approximate surface area is 188 Å². The van der Waals surface area contributed by atoms with Crippen molar-refractivity contribution in [2.45, 2.75) is 11.3 Å². The van der Waals surface area contributed by atoms with Crippen LogP contribution in [-0.2, 0) is 24.3 Å². The zero-order valence-corrected chi connectivity index (χ0v) is 18.1. The number of carbonyl (C=O) groups is 2. The Morgan fingerprint density at radius 1 is 1.03 bits per heavy atom. The van der Waals surface area contributed by atoms with Gasteiger partial charge in [-0.25, -0.2) is 21.6 Å². The van der Waals surface area contributed by atoms with Crippen LogP contribution in [0.1, 0.15) is 6.42 Å². The van der Waals surface area contributed by atoms with Gasteiger partial charge in [-0.05, 0) is 30.3 Å². The molecule has 8 nitrogen and oxygen atoms in total. The molecule has 1 N–H and O–H groups in total. The highest BCUT2D eigenvalue weighted by molar-refractivity contribution is 7.89. The van der Waals surface area contributed by atoms with E-state index in [-0.39, 0.29) is 50.6 Å². The van der Waals surface area contributed by atoms with E-state index < -0.39 is 50.1 Å². The Morgan fingerprint density at radius 2 is 1.70 bits per heavy atom. The first-order valence-electron chi connectivity index (χ1n) is 10.1. The first-order chi connectivity index (χ1) is 15.6. The van der Waals surface area contributed by atoms with E-state index in [9.17, 15) is 31.2 Å². The number of hydrogen-bond acceptors (Lipinski definition) is 5. The Hall–Kier alpha value is -2.96. The number of morpholine rings is 1. The average Bonchev–Trinajstić information content (AvgIpc) is 3.17. The van der Waals surface area contributed by atoms with E-state index in [1.165, 1.54) is 6.07 Å². The van der Waals surface area contributed by atoms with Crippen molar-refractivity contribution in [3.63, 3.8) is 0 Å². The van der Waals surface area contributed by atoms with Gasteiger partial charge in [-0.15, -0.1) is 0 Å². The third kappa shape index (κ3) is 4.87. The zero-order chi connectivity index (χ0) is 23.8. The number of nitrogens with one attached hydrogen (secondary N) is 1. The van der Waals surface area contributed by atoms with Crippen LogP contribution in [0.3, 0.4) is 0 Å². The number of nitrogens with zero attached hydrogens (tertiary/aromatic N) is 2. The fourth-order valence-corrected chi connectivity index (χ4v) is 5.28. The van der Waals surface area contributed by atoms with Crippen LogP contribution in [-0.4, -0.2) is 57.4 Å². The van der Waals surface area contributed by atoms with E-state index in [2.05, 4.69) is 5.32 Å². The topological polar surface area (TPSA) is 96.0 Å². The minimum absolute atomic E-state index is 0.00604. The van der Waals surface area contributed by atoms with Crippen LogP contribution < -0.4 is 10.2 Å². The zero-order valence-electron chi connectivity index (χ0n) is 17.3. The summed E-state index contributed by atoms with van der Waals surface area (Å²) >= 11 is 0. The van der Waals surface area contributed by atoms with Crippen molar-refractivity contribution in [2.24, 2.45) is 5.92 Å². The Bertz CT molecular complexity index is 1180. The maximum Gasteiger partial charge on any atom is 0.246 e. The number of benzene rings is 2. The summed E-state index contributed by atoms with van der Waals surface area (Å²) < 4.78 is 73.2. The quantitative estimate of drug-likeness (QED) is 0.703. The monoisotopic (exact) mass is 483 g/mol. The molecule has 0 aromatic heterocycles. The van der Waals surface area contributed by atoms with Crippen molar-refractivity contribution < 1.29 is 35.9 Å². The Kier molecular flexibility index (Phi) is 6.41. The first kappa shape index (κ1) is 23.2. The minimum atomic E-state index is -4.14. The molecule has 1 unspecified atom stereocenters. The van der Waals surface area contributed by atoms with Gasteiger partial charge in [0.25, 0.3) is 0 Å². The molecule has 2 aliphatic heterocycles. The van der Waals surface area contributed by atoms with E-state index in [0.717, 1.165) is 33.5 Å². The predicted molar refractivity (Wildman–Crippen MR) is 111 cm³/mol.